The van der Waals surface area contributed by atoms with E-state index in [1.807, 2.05) is 0 Å². The molecule has 0 aromatic heterocycles. The smallest absolute Gasteiger partial charge is 0.282 e. The summed E-state index contributed by atoms with van der Waals surface area (Å²) in [6.45, 7) is 0. The number of hydrogen-bond donors (Lipinski definition) is 0. The van der Waals surface area contributed by atoms with Gasteiger partial charge in [-0.2, -0.15) is 30.7 Å². The fourth-order valence-corrected chi connectivity index (χ4v) is 2.49. The van der Waals surface area contributed by atoms with Crippen molar-refractivity contribution in [3.8, 4) is 0 Å². The van der Waals surface area contributed by atoms with Crippen LogP contribution in [0.15, 0.2) is 30.3 Å². The largest absolute Gasteiger partial charge is 0.459 e. The Kier molecular flexibility index (Phi) is 6.82. The van der Waals surface area contributed by atoms with Crippen LogP contribution in [0.2, 0.25) is 0 Å². The molecule has 1 aromatic rings. The highest BCUT2D eigenvalue weighted by Crippen LogP contribution is 2.49. The van der Waals surface area contributed by atoms with Crippen molar-refractivity contribution >= 4 is 16.9 Å². The highest BCUT2D eigenvalue weighted by Gasteiger charge is 2.76. The van der Waals surface area contributed by atoms with Gasteiger partial charge in [-0.3, -0.25) is 4.79 Å². The molecular formula is C14H11F9OS. The molecule has 0 spiro atoms. The van der Waals surface area contributed by atoms with Crippen LogP contribution >= 0.6 is 11.8 Å². The van der Waals surface area contributed by atoms with Crippen molar-refractivity contribution in [2.24, 2.45) is 0 Å². The zero-order chi connectivity index (χ0) is 19.5. The molecule has 0 radical (unpaired) electrons. The molecule has 0 N–H and O–H groups in total. The number of thioether (sulfide) groups is 1. The average Bonchev–Trinajstić information content (AvgIpc) is 2.53. The minimum atomic E-state index is -6.74. The van der Waals surface area contributed by atoms with Crippen molar-refractivity contribution in [2.75, 3.05) is 5.75 Å². The van der Waals surface area contributed by atoms with Crippen LogP contribution in [0.25, 0.3) is 0 Å². The highest BCUT2D eigenvalue weighted by molar-refractivity contribution is 8.14. The van der Waals surface area contributed by atoms with Crippen LogP contribution in [0.4, 0.5) is 39.5 Å². The second-order valence-electron chi connectivity index (χ2n) is 4.90. The summed E-state index contributed by atoms with van der Waals surface area (Å²) in [4.78, 5) is 11.6. The molecule has 2 unspecified atom stereocenters. The topological polar surface area (TPSA) is 17.1 Å². The number of hydrogen-bond acceptors (Lipinski definition) is 2. The van der Waals surface area contributed by atoms with Crippen LogP contribution in [0.1, 0.15) is 16.8 Å². The Morgan fingerprint density at radius 1 is 0.960 bits per heavy atom. The molecule has 1 aromatic carbocycles. The monoisotopic (exact) mass is 398 g/mol. The van der Waals surface area contributed by atoms with E-state index in [1.54, 1.807) is 6.07 Å². The quantitative estimate of drug-likeness (QED) is 0.568. The fraction of sp³-hybridized carbons (Fsp3) is 0.500. The Hall–Kier alpha value is -1.39. The van der Waals surface area contributed by atoms with Gasteiger partial charge < -0.3 is 0 Å². The van der Waals surface area contributed by atoms with E-state index < -0.39 is 47.7 Å². The molecular weight excluding hydrogens is 387 g/mol. The molecule has 25 heavy (non-hydrogen) atoms. The lowest BCUT2D eigenvalue weighted by Gasteiger charge is -2.31. The predicted molar refractivity (Wildman–Crippen MR) is 73.6 cm³/mol. The van der Waals surface area contributed by atoms with Crippen LogP contribution < -0.4 is 0 Å². The maximum absolute atomic E-state index is 13.4. The Morgan fingerprint density at radius 3 is 1.96 bits per heavy atom. The molecule has 2 atom stereocenters. The minimum Gasteiger partial charge on any atom is -0.282 e. The van der Waals surface area contributed by atoms with Crippen molar-refractivity contribution in [1.29, 1.82) is 0 Å². The first kappa shape index (κ1) is 21.7. The van der Waals surface area contributed by atoms with Gasteiger partial charge in [0.15, 0.2) is 0 Å². The van der Waals surface area contributed by atoms with E-state index in [-0.39, 0.29) is 5.56 Å². The lowest BCUT2D eigenvalue weighted by atomic mass is 10.0. The first-order valence-electron chi connectivity index (χ1n) is 6.65. The van der Waals surface area contributed by atoms with E-state index in [0.29, 0.717) is 11.8 Å². The van der Waals surface area contributed by atoms with Crippen LogP contribution in [0.5, 0.6) is 0 Å². The lowest BCUT2D eigenvalue weighted by molar-refractivity contribution is -0.368. The molecule has 0 saturated heterocycles. The van der Waals surface area contributed by atoms with Crippen molar-refractivity contribution in [3.05, 3.63) is 35.9 Å². The zero-order valence-electron chi connectivity index (χ0n) is 12.2. The summed E-state index contributed by atoms with van der Waals surface area (Å²) < 4.78 is 114. The number of halogens is 9. The van der Waals surface area contributed by atoms with Gasteiger partial charge in [-0.15, -0.1) is 0 Å². The number of rotatable bonds is 7. The van der Waals surface area contributed by atoms with Gasteiger partial charge in [-0.05, 0) is 6.42 Å². The standard InChI is InChI=1S/C14H11F9OS/c15-9(6-7-25-11(24)8-4-2-1-3-5-8)10(16)12(17,18)13(19,20)14(21,22)23/h1-5,9-10H,6-7H2. The van der Waals surface area contributed by atoms with Gasteiger partial charge in [0.1, 0.15) is 6.17 Å². The van der Waals surface area contributed by atoms with E-state index in [9.17, 15) is 44.3 Å². The van der Waals surface area contributed by atoms with Crippen molar-refractivity contribution in [1.82, 2.24) is 0 Å². The molecule has 0 aliphatic rings. The van der Waals surface area contributed by atoms with E-state index in [1.165, 1.54) is 24.3 Å². The van der Waals surface area contributed by atoms with Gasteiger partial charge in [0.05, 0.1) is 0 Å². The molecule has 0 bridgehead atoms. The van der Waals surface area contributed by atoms with E-state index in [4.69, 9.17) is 0 Å². The molecule has 1 nitrogen and oxygen atoms in total. The van der Waals surface area contributed by atoms with Gasteiger partial charge in [0, 0.05) is 11.3 Å². The first-order valence-corrected chi connectivity index (χ1v) is 7.63. The summed E-state index contributed by atoms with van der Waals surface area (Å²) in [6, 6.07) is 7.37. The summed E-state index contributed by atoms with van der Waals surface area (Å²) >= 11 is 0.399. The first-order chi connectivity index (χ1) is 11.3. The lowest BCUT2D eigenvalue weighted by Crippen LogP contribution is -2.58. The molecule has 0 aliphatic carbocycles. The Balaban J connectivity index is 2.65. The Labute approximate surface area is 140 Å². The van der Waals surface area contributed by atoms with E-state index in [0.717, 1.165) is 0 Å². The Morgan fingerprint density at radius 2 is 1.48 bits per heavy atom. The number of alkyl halides is 9. The van der Waals surface area contributed by atoms with Gasteiger partial charge in [-0.1, -0.05) is 42.1 Å². The summed E-state index contributed by atoms with van der Waals surface area (Å²) in [6.07, 6.45) is -15.6. The minimum absolute atomic E-state index is 0.175. The van der Waals surface area contributed by atoms with Gasteiger partial charge in [0.2, 0.25) is 11.3 Å². The maximum atomic E-state index is 13.4. The molecule has 0 amide bonds. The molecule has 0 heterocycles. The molecule has 0 aliphatic heterocycles. The molecule has 0 saturated carbocycles. The summed E-state index contributed by atoms with van der Waals surface area (Å²) in [5, 5.41) is -0.615. The third kappa shape index (κ3) is 4.83. The number of benzene rings is 1. The predicted octanol–water partition coefficient (Wildman–Crippen LogP) is 5.46. The normalized spacial score (nSPS) is 15.7. The highest BCUT2D eigenvalue weighted by atomic mass is 32.2. The van der Waals surface area contributed by atoms with E-state index >= 15 is 0 Å². The van der Waals surface area contributed by atoms with E-state index in [2.05, 4.69) is 0 Å². The molecule has 142 valence electrons. The average molecular weight is 398 g/mol. The van der Waals surface area contributed by atoms with Crippen molar-refractivity contribution in [2.45, 2.75) is 36.8 Å². The molecule has 1 rings (SSSR count). The summed E-state index contributed by atoms with van der Waals surface area (Å²) in [7, 11) is 0. The second kappa shape index (κ2) is 7.88. The second-order valence-corrected chi connectivity index (χ2v) is 5.97. The number of carbonyl (C=O) groups excluding carboxylic acids is 1. The van der Waals surface area contributed by atoms with Gasteiger partial charge in [-0.25, -0.2) is 8.78 Å². The molecule has 0 fully saturated rings. The van der Waals surface area contributed by atoms with Crippen LogP contribution in [-0.4, -0.2) is 41.2 Å². The van der Waals surface area contributed by atoms with Gasteiger partial charge >= 0.3 is 18.0 Å². The maximum Gasteiger partial charge on any atom is 0.459 e. The van der Waals surface area contributed by atoms with Crippen molar-refractivity contribution in [3.63, 3.8) is 0 Å². The third-order valence-electron chi connectivity index (χ3n) is 3.07. The third-order valence-corrected chi connectivity index (χ3v) is 4.01. The van der Waals surface area contributed by atoms with Crippen LogP contribution in [0, 0.1) is 0 Å². The van der Waals surface area contributed by atoms with Gasteiger partial charge in [0.25, 0.3) is 0 Å². The Bertz CT molecular complexity index is 573. The summed E-state index contributed by atoms with van der Waals surface area (Å²) in [5.74, 6) is -13.6. The fourth-order valence-electron chi connectivity index (χ4n) is 1.66. The SMILES string of the molecule is O=C(SCCC(F)C(F)C(F)(F)C(F)(F)C(F)(F)F)c1ccccc1. The van der Waals surface area contributed by atoms with Crippen molar-refractivity contribution < 1.29 is 44.3 Å². The molecule has 11 heteroatoms. The van der Waals surface area contributed by atoms with Crippen LogP contribution in [-0.2, 0) is 0 Å². The number of carbonyl (C=O) groups is 1. The zero-order valence-corrected chi connectivity index (χ0v) is 13.0. The van der Waals surface area contributed by atoms with Crippen LogP contribution in [0.3, 0.4) is 0 Å². The summed E-state index contributed by atoms with van der Waals surface area (Å²) in [5.41, 5.74) is 0.175.